The van der Waals surface area contributed by atoms with Gasteiger partial charge in [-0.05, 0) is 24.5 Å². The number of rotatable bonds is 6. The zero-order chi connectivity index (χ0) is 16.0. The van der Waals surface area contributed by atoms with Crippen molar-refractivity contribution in [2.75, 3.05) is 11.9 Å². The van der Waals surface area contributed by atoms with Crippen LogP contribution in [0.2, 0.25) is 0 Å². The summed E-state index contributed by atoms with van der Waals surface area (Å²) >= 11 is 0. The molecule has 0 aliphatic carbocycles. The van der Waals surface area contributed by atoms with Crippen molar-refractivity contribution in [1.82, 2.24) is 5.32 Å². The number of hydrogen-bond acceptors (Lipinski definition) is 2. The first-order valence-corrected chi connectivity index (χ1v) is 6.52. The Bertz CT molecular complexity index is 521. The van der Waals surface area contributed by atoms with E-state index in [1.54, 1.807) is 0 Å². The van der Waals surface area contributed by atoms with Crippen LogP contribution in [0.25, 0.3) is 0 Å². The van der Waals surface area contributed by atoms with Crippen molar-refractivity contribution < 1.29 is 23.5 Å². The van der Waals surface area contributed by atoms with Gasteiger partial charge in [0.25, 0.3) is 0 Å². The maximum Gasteiger partial charge on any atom is 0.319 e. The number of carboxylic acid groups (broad SMARTS) is 1. The lowest BCUT2D eigenvalue weighted by Crippen LogP contribution is -2.36. The van der Waals surface area contributed by atoms with Crippen LogP contribution >= 0.6 is 0 Å². The van der Waals surface area contributed by atoms with E-state index in [2.05, 4.69) is 10.6 Å². The maximum atomic E-state index is 13.0. The van der Waals surface area contributed by atoms with E-state index in [4.69, 9.17) is 5.11 Å². The van der Waals surface area contributed by atoms with Crippen LogP contribution in [0.5, 0.6) is 0 Å². The summed E-state index contributed by atoms with van der Waals surface area (Å²) in [6.07, 6.45) is 0.431. The Morgan fingerprint density at radius 3 is 2.43 bits per heavy atom. The molecule has 0 aromatic heterocycles. The fourth-order valence-electron chi connectivity index (χ4n) is 1.81. The molecule has 0 fully saturated rings. The second-order valence-electron chi connectivity index (χ2n) is 5.13. The molecule has 0 aliphatic heterocycles. The van der Waals surface area contributed by atoms with Crippen LogP contribution in [0, 0.1) is 23.5 Å². The molecule has 0 radical (unpaired) electrons. The van der Waals surface area contributed by atoms with Crippen LogP contribution in [-0.4, -0.2) is 23.7 Å². The third-order valence-corrected chi connectivity index (χ3v) is 2.79. The van der Waals surface area contributed by atoms with Crippen molar-refractivity contribution in [2.24, 2.45) is 11.8 Å². The minimum absolute atomic E-state index is 0.0387. The molecule has 7 heteroatoms. The number of nitrogens with one attached hydrogen (secondary N) is 2. The molecule has 0 aliphatic rings. The molecular weight excluding hydrogens is 282 g/mol. The largest absolute Gasteiger partial charge is 0.481 e. The number of aliphatic carboxylic acids is 1. The Kier molecular flexibility index (Phi) is 6.08. The first-order valence-electron chi connectivity index (χ1n) is 6.52. The molecule has 1 unspecified atom stereocenters. The zero-order valence-corrected chi connectivity index (χ0v) is 11.8. The van der Waals surface area contributed by atoms with Gasteiger partial charge < -0.3 is 15.7 Å². The number of carbonyl (C=O) groups is 2. The van der Waals surface area contributed by atoms with Crippen LogP contribution in [-0.2, 0) is 4.79 Å². The minimum atomic E-state index is -1.07. The lowest BCUT2D eigenvalue weighted by atomic mass is 9.97. The molecule has 3 N–H and O–H groups in total. The molecule has 0 spiro atoms. The van der Waals surface area contributed by atoms with Gasteiger partial charge in [0.1, 0.15) is 0 Å². The molecule has 0 saturated heterocycles. The summed E-state index contributed by atoms with van der Waals surface area (Å²) in [5, 5.41) is 13.7. The average molecular weight is 300 g/mol. The lowest BCUT2D eigenvalue weighted by molar-refractivity contribution is -0.142. The van der Waals surface area contributed by atoms with E-state index in [1.165, 1.54) is 6.07 Å². The number of carbonyl (C=O) groups excluding carboxylic acids is 1. The van der Waals surface area contributed by atoms with E-state index in [1.807, 2.05) is 13.8 Å². The van der Waals surface area contributed by atoms with E-state index >= 15 is 0 Å². The van der Waals surface area contributed by atoms with Gasteiger partial charge in [-0.15, -0.1) is 0 Å². The Hall–Kier alpha value is -2.18. The van der Waals surface area contributed by atoms with Gasteiger partial charge in [-0.1, -0.05) is 13.8 Å². The summed E-state index contributed by atoms with van der Waals surface area (Å²) < 4.78 is 25.7. The number of halogens is 2. The second-order valence-corrected chi connectivity index (χ2v) is 5.13. The monoisotopic (exact) mass is 300 g/mol. The molecule has 0 bridgehead atoms. The molecule has 0 saturated carbocycles. The highest BCUT2D eigenvalue weighted by molar-refractivity contribution is 5.89. The van der Waals surface area contributed by atoms with Crippen LogP contribution in [0.15, 0.2) is 18.2 Å². The topological polar surface area (TPSA) is 78.4 Å². The molecular formula is C14H18F2N2O3. The summed E-state index contributed by atoms with van der Waals surface area (Å²) in [6.45, 7) is 3.73. The molecule has 1 atom stereocenters. The van der Waals surface area contributed by atoms with Gasteiger partial charge in [-0.25, -0.2) is 13.6 Å². The van der Waals surface area contributed by atoms with Crippen LogP contribution in [0.3, 0.4) is 0 Å². The van der Waals surface area contributed by atoms with Crippen LogP contribution < -0.4 is 10.6 Å². The van der Waals surface area contributed by atoms with Crippen molar-refractivity contribution >= 4 is 17.7 Å². The molecule has 5 nitrogen and oxygen atoms in total. The number of anilines is 1. The molecule has 1 aromatic rings. The third kappa shape index (κ3) is 5.76. The smallest absolute Gasteiger partial charge is 0.319 e. The zero-order valence-electron chi connectivity index (χ0n) is 11.8. The highest BCUT2D eigenvalue weighted by atomic mass is 19.2. The fraction of sp³-hybridized carbons (Fsp3) is 0.429. The number of amides is 2. The molecule has 0 heterocycles. The van der Waals surface area contributed by atoms with E-state index in [-0.39, 0.29) is 18.2 Å². The Morgan fingerprint density at radius 2 is 1.90 bits per heavy atom. The molecule has 2 amide bonds. The van der Waals surface area contributed by atoms with Crippen molar-refractivity contribution in [3.8, 4) is 0 Å². The van der Waals surface area contributed by atoms with Gasteiger partial charge in [0, 0.05) is 18.3 Å². The normalized spacial score (nSPS) is 12.0. The molecule has 21 heavy (non-hydrogen) atoms. The molecule has 1 aromatic carbocycles. The Balaban J connectivity index is 2.52. The molecule has 1 rings (SSSR count). The van der Waals surface area contributed by atoms with E-state index in [0.717, 1.165) is 12.1 Å². The summed E-state index contributed by atoms with van der Waals surface area (Å²) in [5.74, 6) is -3.58. The first kappa shape index (κ1) is 16.9. The predicted molar refractivity (Wildman–Crippen MR) is 74.0 cm³/mol. The summed E-state index contributed by atoms with van der Waals surface area (Å²) in [5.41, 5.74) is 0.0853. The fourth-order valence-corrected chi connectivity index (χ4v) is 1.81. The van der Waals surface area contributed by atoms with Gasteiger partial charge in [-0.3, -0.25) is 4.79 Å². The lowest BCUT2D eigenvalue weighted by Gasteiger charge is -2.15. The number of hydrogen-bond donors (Lipinski definition) is 3. The average Bonchev–Trinajstić information content (AvgIpc) is 2.38. The maximum absolute atomic E-state index is 13.0. The van der Waals surface area contributed by atoms with Crippen molar-refractivity contribution in [3.05, 3.63) is 29.8 Å². The van der Waals surface area contributed by atoms with Crippen LogP contribution in [0.1, 0.15) is 20.3 Å². The Labute approximate surface area is 121 Å². The van der Waals surface area contributed by atoms with Gasteiger partial charge in [0.15, 0.2) is 11.6 Å². The highest BCUT2D eigenvalue weighted by Gasteiger charge is 2.19. The van der Waals surface area contributed by atoms with Gasteiger partial charge in [0.05, 0.1) is 5.92 Å². The van der Waals surface area contributed by atoms with Crippen molar-refractivity contribution in [1.29, 1.82) is 0 Å². The van der Waals surface area contributed by atoms with Crippen molar-refractivity contribution in [2.45, 2.75) is 20.3 Å². The van der Waals surface area contributed by atoms with Gasteiger partial charge in [0.2, 0.25) is 0 Å². The van der Waals surface area contributed by atoms with Crippen molar-refractivity contribution in [3.63, 3.8) is 0 Å². The third-order valence-electron chi connectivity index (χ3n) is 2.79. The summed E-state index contributed by atoms with van der Waals surface area (Å²) in [7, 11) is 0. The SMILES string of the molecule is CC(C)CC(CNC(=O)Nc1ccc(F)c(F)c1)C(=O)O. The molecule has 116 valence electrons. The predicted octanol–water partition coefficient (Wildman–Crippen LogP) is 2.83. The Morgan fingerprint density at radius 1 is 1.24 bits per heavy atom. The van der Waals surface area contributed by atoms with E-state index in [9.17, 15) is 18.4 Å². The second kappa shape index (κ2) is 7.56. The quantitative estimate of drug-likeness (QED) is 0.756. The number of urea groups is 1. The number of carboxylic acids is 1. The minimum Gasteiger partial charge on any atom is -0.481 e. The standard InChI is InChI=1S/C14H18F2N2O3/c1-8(2)5-9(13(19)20)7-17-14(21)18-10-3-4-11(15)12(16)6-10/h3-4,6,8-9H,5,7H2,1-2H3,(H,19,20)(H2,17,18,21). The van der Waals surface area contributed by atoms with Crippen LogP contribution in [0.4, 0.5) is 19.3 Å². The van der Waals surface area contributed by atoms with Gasteiger partial charge >= 0.3 is 12.0 Å². The first-order chi connectivity index (χ1) is 9.79. The highest BCUT2D eigenvalue weighted by Crippen LogP contribution is 2.13. The summed E-state index contributed by atoms with van der Waals surface area (Å²) in [4.78, 5) is 22.6. The number of benzene rings is 1. The van der Waals surface area contributed by atoms with Gasteiger partial charge in [-0.2, -0.15) is 0 Å². The van der Waals surface area contributed by atoms with E-state index in [0.29, 0.717) is 6.42 Å². The van der Waals surface area contributed by atoms with E-state index < -0.39 is 29.6 Å². The summed E-state index contributed by atoms with van der Waals surface area (Å²) in [6, 6.07) is 2.28.